The molecule has 0 aromatic rings. The first-order valence-corrected chi connectivity index (χ1v) is 7.11. The Bertz CT molecular complexity index is 218. The first kappa shape index (κ1) is 15.9. The maximum atomic E-state index is 9.79. The fourth-order valence-corrected chi connectivity index (χ4v) is 2.23. The summed E-state index contributed by atoms with van der Waals surface area (Å²) in [7, 11) is 0. The first-order chi connectivity index (χ1) is 8.37. The van der Waals surface area contributed by atoms with Crippen LogP contribution in [0.3, 0.4) is 0 Å². The second-order valence-electron chi connectivity index (χ2n) is 6.40. The van der Waals surface area contributed by atoms with Crippen LogP contribution in [0.1, 0.15) is 27.7 Å². The summed E-state index contributed by atoms with van der Waals surface area (Å²) < 4.78 is 5.61. The van der Waals surface area contributed by atoms with Crippen LogP contribution in [0.15, 0.2) is 0 Å². The van der Waals surface area contributed by atoms with E-state index in [1.54, 1.807) is 0 Å². The number of hydrogen-bond acceptors (Lipinski definition) is 4. The maximum Gasteiger partial charge on any atom is 0.0718 e. The predicted molar refractivity (Wildman–Crippen MR) is 74.8 cm³/mol. The van der Waals surface area contributed by atoms with Crippen LogP contribution < -0.4 is 0 Å². The summed E-state index contributed by atoms with van der Waals surface area (Å²) in [4.78, 5) is 4.78. The van der Waals surface area contributed by atoms with Gasteiger partial charge in [0, 0.05) is 45.9 Å². The highest BCUT2D eigenvalue weighted by Crippen LogP contribution is 2.08. The van der Waals surface area contributed by atoms with Gasteiger partial charge in [-0.25, -0.2) is 0 Å². The van der Waals surface area contributed by atoms with Crippen molar-refractivity contribution >= 4 is 0 Å². The van der Waals surface area contributed by atoms with Crippen LogP contribution in [-0.2, 0) is 4.74 Å². The third-order valence-electron chi connectivity index (χ3n) is 3.08. The molecule has 1 rings (SSSR count). The van der Waals surface area contributed by atoms with Gasteiger partial charge in [0.2, 0.25) is 0 Å². The summed E-state index contributed by atoms with van der Waals surface area (Å²) in [5.41, 5.74) is -0.581. The number of hydrogen-bond donors (Lipinski definition) is 1. The molecule has 0 aliphatic carbocycles. The van der Waals surface area contributed by atoms with Crippen LogP contribution in [0.4, 0.5) is 0 Å². The molecule has 18 heavy (non-hydrogen) atoms. The Kier molecular flexibility index (Phi) is 6.57. The molecule has 1 saturated heterocycles. The highest BCUT2D eigenvalue weighted by Gasteiger charge is 2.22. The molecule has 0 amide bonds. The van der Waals surface area contributed by atoms with E-state index in [2.05, 4.69) is 23.6 Å². The summed E-state index contributed by atoms with van der Waals surface area (Å²) in [6.07, 6.45) is 0. The molecule has 1 aliphatic heterocycles. The molecule has 0 atom stereocenters. The average molecular weight is 258 g/mol. The van der Waals surface area contributed by atoms with Crippen molar-refractivity contribution in [1.29, 1.82) is 0 Å². The van der Waals surface area contributed by atoms with E-state index in [1.165, 1.54) is 0 Å². The molecule has 0 aromatic carbocycles. The molecule has 0 unspecified atom stereocenters. The van der Waals surface area contributed by atoms with Gasteiger partial charge in [0.05, 0.1) is 12.2 Å². The van der Waals surface area contributed by atoms with Crippen molar-refractivity contribution < 1.29 is 9.84 Å². The van der Waals surface area contributed by atoms with Crippen LogP contribution in [0.5, 0.6) is 0 Å². The van der Waals surface area contributed by atoms with E-state index >= 15 is 0 Å². The summed E-state index contributed by atoms with van der Waals surface area (Å²) in [5.74, 6) is 0.619. The normalized spacial score (nSPS) is 19.7. The van der Waals surface area contributed by atoms with E-state index < -0.39 is 5.60 Å². The van der Waals surface area contributed by atoms with Crippen molar-refractivity contribution in [3.63, 3.8) is 0 Å². The zero-order chi connectivity index (χ0) is 13.6. The highest BCUT2D eigenvalue weighted by atomic mass is 16.5. The Morgan fingerprint density at radius 3 is 2.17 bits per heavy atom. The van der Waals surface area contributed by atoms with Crippen molar-refractivity contribution in [3.8, 4) is 0 Å². The summed E-state index contributed by atoms with van der Waals surface area (Å²) in [6, 6.07) is 0. The van der Waals surface area contributed by atoms with Crippen molar-refractivity contribution in [2.24, 2.45) is 5.92 Å². The van der Waals surface area contributed by atoms with Crippen LogP contribution in [0.2, 0.25) is 0 Å². The molecule has 0 saturated carbocycles. The average Bonchev–Trinajstić information content (AvgIpc) is 2.24. The van der Waals surface area contributed by atoms with Gasteiger partial charge in [0.1, 0.15) is 0 Å². The number of aliphatic hydroxyl groups is 1. The Hall–Kier alpha value is -0.160. The monoisotopic (exact) mass is 258 g/mol. The lowest BCUT2D eigenvalue weighted by Crippen LogP contribution is -2.51. The molecule has 1 fully saturated rings. The van der Waals surface area contributed by atoms with E-state index in [1.807, 2.05) is 13.8 Å². The maximum absolute atomic E-state index is 9.79. The molecule has 0 aromatic heterocycles. The summed E-state index contributed by atoms with van der Waals surface area (Å²) in [5, 5.41) is 9.79. The minimum absolute atomic E-state index is 0.581. The number of β-amino-alcohol motifs (C(OH)–C–C–N with tert-alkyl or cyclic N) is 1. The van der Waals surface area contributed by atoms with Gasteiger partial charge in [-0.05, 0) is 19.8 Å². The standard InChI is InChI=1S/C14H30N2O2/c1-13(2)11-18-10-9-15-5-7-16(8-6-15)12-14(3,4)17/h13,17H,5-12H2,1-4H3. The van der Waals surface area contributed by atoms with Gasteiger partial charge in [-0.3, -0.25) is 9.80 Å². The Morgan fingerprint density at radius 2 is 1.67 bits per heavy atom. The van der Waals surface area contributed by atoms with Gasteiger partial charge >= 0.3 is 0 Å². The minimum atomic E-state index is -0.581. The molecule has 1 heterocycles. The van der Waals surface area contributed by atoms with Gasteiger partial charge in [-0.15, -0.1) is 0 Å². The largest absolute Gasteiger partial charge is 0.389 e. The zero-order valence-corrected chi connectivity index (χ0v) is 12.5. The molecule has 0 spiro atoms. The molecule has 0 bridgehead atoms. The lowest BCUT2D eigenvalue weighted by molar-refractivity contribution is 0.0114. The Balaban J connectivity index is 2.08. The van der Waals surface area contributed by atoms with Crippen molar-refractivity contribution in [2.75, 3.05) is 52.5 Å². The first-order valence-electron chi connectivity index (χ1n) is 7.11. The smallest absolute Gasteiger partial charge is 0.0718 e. The Morgan fingerprint density at radius 1 is 1.11 bits per heavy atom. The van der Waals surface area contributed by atoms with Crippen LogP contribution >= 0.6 is 0 Å². The van der Waals surface area contributed by atoms with Crippen molar-refractivity contribution in [2.45, 2.75) is 33.3 Å². The number of nitrogens with zero attached hydrogens (tertiary/aromatic N) is 2. The van der Waals surface area contributed by atoms with Gasteiger partial charge in [0.15, 0.2) is 0 Å². The number of piperazine rings is 1. The van der Waals surface area contributed by atoms with E-state index in [0.717, 1.165) is 52.5 Å². The molecular weight excluding hydrogens is 228 g/mol. The second kappa shape index (κ2) is 7.43. The number of ether oxygens (including phenoxy) is 1. The molecule has 1 aliphatic rings. The topological polar surface area (TPSA) is 35.9 Å². The van der Waals surface area contributed by atoms with E-state index in [9.17, 15) is 5.11 Å². The minimum Gasteiger partial charge on any atom is -0.389 e. The van der Waals surface area contributed by atoms with E-state index in [4.69, 9.17) is 4.74 Å². The summed E-state index contributed by atoms with van der Waals surface area (Å²) >= 11 is 0. The predicted octanol–water partition coefficient (Wildman–Crippen LogP) is 1.05. The van der Waals surface area contributed by atoms with Crippen LogP contribution in [-0.4, -0.2) is 73.0 Å². The van der Waals surface area contributed by atoms with E-state index in [0.29, 0.717) is 5.92 Å². The van der Waals surface area contributed by atoms with Crippen LogP contribution in [0.25, 0.3) is 0 Å². The zero-order valence-electron chi connectivity index (χ0n) is 12.5. The van der Waals surface area contributed by atoms with Gasteiger partial charge in [-0.1, -0.05) is 13.8 Å². The molecule has 0 radical (unpaired) electrons. The lowest BCUT2D eigenvalue weighted by atomic mass is 10.1. The molecule has 4 heteroatoms. The summed E-state index contributed by atoms with van der Waals surface area (Å²) in [6.45, 7) is 15.9. The molecular formula is C14H30N2O2. The van der Waals surface area contributed by atoms with Gasteiger partial charge in [-0.2, -0.15) is 0 Å². The van der Waals surface area contributed by atoms with Gasteiger partial charge < -0.3 is 9.84 Å². The fraction of sp³-hybridized carbons (Fsp3) is 1.00. The molecule has 1 N–H and O–H groups in total. The fourth-order valence-electron chi connectivity index (χ4n) is 2.23. The third-order valence-corrected chi connectivity index (χ3v) is 3.08. The highest BCUT2D eigenvalue weighted by molar-refractivity contribution is 4.77. The molecule has 4 nitrogen and oxygen atoms in total. The molecule has 108 valence electrons. The lowest BCUT2D eigenvalue weighted by Gasteiger charge is -2.37. The van der Waals surface area contributed by atoms with Crippen LogP contribution in [0, 0.1) is 5.92 Å². The van der Waals surface area contributed by atoms with E-state index in [-0.39, 0.29) is 0 Å². The SMILES string of the molecule is CC(C)COCCN1CCN(CC(C)(C)O)CC1. The van der Waals surface area contributed by atoms with Crippen molar-refractivity contribution in [1.82, 2.24) is 9.80 Å². The third kappa shape index (κ3) is 7.31. The Labute approximate surface area is 112 Å². The van der Waals surface area contributed by atoms with Gasteiger partial charge in [0.25, 0.3) is 0 Å². The van der Waals surface area contributed by atoms with Crippen molar-refractivity contribution in [3.05, 3.63) is 0 Å². The quantitative estimate of drug-likeness (QED) is 0.692. The number of rotatable bonds is 7. The second-order valence-corrected chi connectivity index (χ2v) is 6.40.